The lowest BCUT2D eigenvalue weighted by molar-refractivity contribution is 0.419. The molecule has 0 unspecified atom stereocenters. The van der Waals surface area contributed by atoms with Gasteiger partial charge in [-0.25, -0.2) is 0 Å². The van der Waals surface area contributed by atoms with Crippen molar-refractivity contribution in [1.29, 1.82) is 5.26 Å². The molecule has 0 aliphatic heterocycles. The van der Waals surface area contributed by atoms with Crippen LogP contribution in [0.25, 0.3) is 10.1 Å². The standard InChI is InChI=1S/C10H6INOS/c1-13-8-2-7(11)3-9-10(8)6(4-12)5-14-9/h2-3,5H,1H3. The summed E-state index contributed by atoms with van der Waals surface area (Å²) in [4.78, 5) is 0. The van der Waals surface area contributed by atoms with Gasteiger partial charge in [-0.05, 0) is 34.7 Å². The first kappa shape index (κ1) is 9.74. The van der Waals surface area contributed by atoms with Gasteiger partial charge in [0.05, 0.1) is 18.1 Å². The molecule has 0 radical (unpaired) electrons. The molecule has 0 N–H and O–H groups in total. The third-order valence-electron chi connectivity index (χ3n) is 1.94. The highest BCUT2D eigenvalue weighted by molar-refractivity contribution is 14.1. The summed E-state index contributed by atoms with van der Waals surface area (Å²) in [7, 11) is 1.63. The van der Waals surface area contributed by atoms with Crippen LogP contribution in [-0.4, -0.2) is 7.11 Å². The average molecular weight is 315 g/mol. The number of halogens is 1. The fraction of sp³-hybridized carbons (Fsp3) is 0.100. The minimum absolute atomic E-state index is 0.693. The molecule has 4 heteroatoms. The van der Waals surface area contributed by atoms with Crippen LogP contribution in [0.2, 0.25) is 0 Å². The van der Waals surface area contributed by atoms with Gasteiger partial charge in [0, 0.05) is 13.7 Å². The Balaban J connectivity index is 2.87. The summed E-state index contributed by atoms with van der Waals surface area (Å²) in [5.41, 5.74) is 0.693. The van der Waals surface area contributed by atoms with Gasteiger partial charge in [-0.2, -0.15) is 5.26 Å². The Bertz CT molecular complexity index is 527. The highest BCUT2D eigenvalue weighted by Gasteiger charge is 2.10. The van der Waals surface area contributed by atoms with Crippen molar-refractivity contribution in [3.8, 4) is 11.8 Å². The zero-order valence-corrected chi connectivity index (χ0v) is 10.3. The van der Waals surface area contributed by atoms with Gasteiger partial charge in [0.15, 0.2) is 0 Å². The topological polar surface area (TPSA) is 33.0 Å². The highest BCUT2D eigenvalue weighted by atomic mass is 127. The predicted octanol–water partition coefficient (Wildman–Crippen LogP) is 3.39. The van der Waals surface area contributed by atoms with Crippen molar-refractivity contribution in [2.24, 2.45) is 0 Å². The molecule has 1 heterocycles. The SMILES string of the molecule is COc1cc(I)cc2scc(C#N)c12. The van der Waals surface area contributed by atoms with E-state index < -0.39 is 0 Å². The van der Waals surface area contributed by atoms with E-state index in [0.29, 0.717) is 5.56 Å². The number of ether oxygens (including phenoxy) is 1. The van der Waals surface area contributed by atoms with Crippen molar-refractivity contribution >= 4 is 44.0 Å². The summed E-state index contributed by atoms with van der Waals surface area (Å²) >= 11 is 3.82. The maximum absolute atomic E-state index is 8.91. The summed E-state index contributed by atoms with van der Waals surface area (Å²) < 4.78 is 7.49. The molecular formula is C10H6INOS. The van der Waals surface area contributed by atoms with E-state index in [4.69, 9.17) is 10.00 Å². The summed E-state index contributed by atoms with van der Waals surface area (Å²) in [6.45, 7) is 0. The van der Waals surface area contributed by atoms with Crippen LogP contribution in [-0.2, 0) is 0 Å². The number of hydrogen-bond donors (Lipinski definition) is 0. The molecule has 1 aromatic heterocycles. The van der Waals surface area contributed by atoms with Gasteiger partial charge in [-0.3, -0.25) is 0 Å². The van der Waals surface area contributed by atoms with Crippen molar-refractivity contribution in [1.82, 2.24) is 0 Å². The molecule has 0 amide bonds. The van der Waals surface area contributed by atoms with Crippen LogP contribution >= 0.6 is 33.9 Å². The lowest BCUT2D eigenvalue weighted by Crippen LogP contribution is -1.85. The molecule has 0 aliphatic carbocycles. The van der Waals surface area contributed by atoms with E-state index in [1.54, 1.807) is 18.4 Å². The van der Waals surface area contributed by atoms with Gasteiger partial charge in [0.2, 0.25) is 0 Å². The Labute approximate surface area is 99.3 Å². The molecule has 1 aromatic carbocycles. The van der Waals surface area contributed by atoms with Crippen molar-refractivity contribution < 1.29 is 4.74 Å². The van der Waals surface area contributed by atoms with Gasteiger partial charge in [-0.1, -0.05) is 0 Å². The monoisotopic (exact) mass is 315 g/mol. The summed E-state index contributed by atoms with van der Waals surface area (Å²) in [5.74, 6) is 0.782. The number of nitriles is 1. The maximum Gasteiger partial charge on any atom is 0.129 e. The molecule has 0 saturated carbocycles. The second-order valence-corrected chi connectivity index (χ2v) is 4.90. The van der Waals surface area contributed by atoms with Crippen LogP contribution in [0, 0.1) is 14.9 Å². The van der Waals surface area contributed by atoms with Gasteiger partial charge in [0.25, 0.3) is 0 Å². The minimum atomic E-state index is 0.693. The van der Waals surface area contributed by atoms with Gasteiger partial charge >= 0.3 is 0 Å². The lowest BCUT2D eigenvalue weighted by Gasteiger charge is -2.02. The zero-order valence-electron chi connectivity index (χ0n) is 7.37. The molecular weight excluding hydrogens is 309 g/mol. The summed E-state index contributed by atoms with van der Waals surface area (Å²) in [6.07, 6.45) is 0. The second-order valence-electron chi connectivity index (χ2n) is 2.74. The largest absolute Gasteiger partial charge is 0.496 e. The van der Waals surface area contributed by atoms with E-state index in [-0.39, 0.29) is 0 Å². The van der Waals surface area contributed by atoms with Gasteiger partial charge < -0.3 is 4.74 Å². The first-order valence-corrected chi connectivity index (χ1v) is 5.87. The molecule has 0 bridgehead atoms. The van der Waals surface area contributed by atoms with Crippen LogP contribution in [0.3, 0.4) is 0 Å². The van der Waals surface area contributed by atoms with E-state index in [9.17, 15) is 0 Å². The smallest absolute Gasteiger partial charge is 0.129 e. The molecule has 0 fully saturated rings. The normalized spacial score (nSPS) is 10.1. The summed E-state index contributed by atoms with van der Waals surface area (Å²) in [5, 5.41) is 11.7. The highest BCUT2D eigenvalue weighted by Crippen LogP contribution is 2.35. The molecule has 70 valence electrons. The predicted molar refractivity (Wildman–Crippen MR) is 65.8 cm³/mol. The molecule has 0 saturated heterocycles. The zero-order chi connectivity index (χ0) is 10.1. The van der Waals surface area contributed by atoms with Crippen LogP contribution in [0.4, 0.5) is 0 Å². The van der Waals surface area contributed by atoms with E-state index in [0.717, 1.165) is 19.4 Å². The number of rotatable bonds is 1. The Morgan fingerprint density at radius 1 is 1.50 bits per heavy atom. The molecule has 0 spiro atoms. The molecule has 0 aliphatic rings. The number of benzene rings is 1. The molecule has 2 nitrogen and oxygen atoms in total. The Hall–Kier alpha value is -0.800. The fourth-order valence-corrected chi connectivity index (χ4v) is 3.09. The minimum Gasteiger partial charge on any atom is -0.496 e. The van der Waals surface area contributed by atoms with E-state index >= 15 is 0 Å². The molecule has 2 aromatic rings. The number of thiophene rings is 1. The number of methoxy groups -OCH3 is 1. The molecule has 14 heavy (non-hydrogen) atoms. The van der Waals surface area contributed by atoms with Crippen molar-refractivity contribution in [3.05, 3.63) is 26.6 Å². The van der Waals surface area contributed by atoms with Crippen molar-refractivity contribution in [2.75, 3.05) is 7.11 Å². The van der Waals surface area contributed by atoms with E-state index in [1.165, 1.54) is 0 Å². The number of nitrogens with zero attached hydrogens (tertiary/aromatic N) is 1. The van der Waals surface area contributed by atoms with Crippen molar-refractivity contribution in [2.45, 2.75) is 0 Å². The second kappa shape index (κ2) is 3.75. The maximum atomic E-state index is 8.91. The van der Waals surface area contributed by atoms with Crippen molar-refractivity contribution in [3.63, 3.8) is 0 Å². The van der Waals surface area contributed by atoms with Gasteiger partial charge in [-0.15, -0.1) is 11.3 Å². The summed E-state index contributed by atoms with van der Waals surface area (Å²) in [6, 6.07) is 6.17. The Morgan fingerprint density at radius 2 is 2.29 bits per heavy atom. The Kier molecular flexibility index (Phi) is 2.61. The van der Waals surface area contributed by atoms with E-state index in [1.807, 2.05) is 11.4 Å². The van der Waals surface area contributed by atoms with Crippen LogP contribution in [0.15, 0.2) is 17.5 Å². The molecule has 2 rings (SSSR count). The molecule has 0 atom stereocenters. The number of hydrogen-bond acceptors (Lipinski definition) is 3. The quantitative estimate of drug-likeness (QED) is 0.756. The van der Waals surface area contributed by atoms with Crippen LogP contribution < -0.4 is 4.74 Å². The number of fused-ring (bicyclic) bond motifs is 1. The van der Waals surface area contributed by atoms with Crippen LogP contribution in [0.5, 0.6) is 5.75 Å². The lowest BCUT2D eigenvalue weighted by atomic mass is 10.2. The first-order chi connectivity index (χ1) is 6.76. The first-order valence-electron chi connectivity index (χ1n) is 3.91. The third-order valence-corrected chi connectivity index (χ3v) is 3.50. The average Bonchev–Trinajstić information content (AvgIpc) is 2.59. The van der Waals surface area contributed by atoms with E-state index in [2.05, 4.69) is 34.7 Å². The van der Waals surface area contributed by atoms with Gasteiger partial charge in [0.1, 0.15) is 11.8 Å². The third kappa shape index (κ3) is 1.47. The Morgan fingerprint density at radius 3 is 2.93 bits per heavy atom. The van der Waals surface area contributed by atoms with Crippen LogP contribution in [0.1, 0.15) is 5.56 Å². The fourth-order valence-electron chi connectivity index (χ4n) is 1.34.